The van der Waals surface area contributed by atoms with E-state index in [2.05, 4.69) is 0 Å². The first-order valence-corrected chi connectivity index (χ1v) is 7.87. The Hall–Kier alpha value is -2.56. The zero-order valence-corrected chi connectivity index (χ0v) is 14.1. The molecule has 0 amide bonds. The topological polar surface area (TPSA) is 72.8 Å². The van der Waals surface area contributed by atoms with Gasteiger partial charge >= 0.3 is 11.9 Å². The van der Waals surface area contributed by atoms with Crippen molar-refractivity contribution in [3.05, 3.63) is 42.0 Å². The lowest BCUT2D eigenvalue weighted by Crippen LogP contribution is -2.26. The molecule has 128 valence electrons. The number of hydrogen-bond donors (Lipinski definition) is 1. The molecular formula is C19H22O5. The van der Waals surface area contributed by atoms with E-state index in [1.807, 2.05) is 43.3 Å². The summed E-state index contributed by atoms with van der Waals surface area (Å²) in [5.41, 5.74) is 0.937. The van der Waals surface area contributed by atoms with Crippen molar-refractivity contribution < 1.29 is 24.2 Å². The number of carboxylic acids is 1. The highest BCUT2D eigenvalue weighted by molar-refractivity contribution is 5.85. The van der Waals surface area contributed by atoms with Crippen LogP contribution in [0.3, 0.4) is 0 Å². The number of carboxylic acid groups (broad SMARTS) is 1. The van der Waals surface area contributed by atoms with Crippen LogP contribution >= 0.6 is 0 Å². The highest BCUT2D eigenvalue weighted by Gasteiger charge is 2.31. The van der Waals surface area contributed by atoms with E-state index in [1.165, 1.54) is 7.11 Å². The van der Waals surface area contributed by atoms with Crippen LogP contribution in [0.5, 0.6) is 5.75 Å². The summed E-state index contributed by atoms with van der Waals surface area (Å²) < 4.78 is 10.0. The van der Waals surface area contributed by atoms with Crippen molar-refractivity contribution in [3.8, 4) is 5.75 Å². The molecule has 0 radical (unpaired) electrons. The van der Waals surface area contributed by atoms with Crippen LogP contribution in [0.4, 0.5) is 0 Å². The van der Waals surface area contributed by atoms with Gasteiger partial charge in [0.2, 0.25) is 0 Å². The summed E-state index contributed by atoms with van der Waals surface area (Å²) in [6.07, 6.45) is 0.403. The molecule has 2 rings (SSSR count). The van der Waals surface area contributed by atoms with Crippen molar-refractivity contribution in [2.75, 3.05) is 14.2 Å². The maximum atomic E-state index is 12.1. The molecule has 2 atom stereocenters. The summed E-state index contributed by atoms with van der Waals surface area (Å²) in [6, 6.07) is 11.7. The Morgan fingerprint density at radius 2 is 1.75 bits per heavy atom. The summed E-state index contributed by atoms with van der Waals surface area (Å²) in [4.78, 5) is 23.2. The fraction of sp³-hybridized carbons (Fsp3) is 0.368. The Morgan fingerprint density at radius 1 is 1.08 bits per heavy atom. The van der Waals surface area contributed by atoms with Gasteiger partial charge in [-0.05, 0) is 40.8 Å². The lowest BCUT2D eigenvalue weighted by atomic mass is 9.81. The van der Waals surface area contributed by atoms with E-state index in [9.17, 15) is 9.59 Å². The van der Waals surface area contributed by atoms with Gasteiger partial charge in [-0.2, -0.15) is 0 Å². The van der Waals surface area contributed by atoms with Crippen LogP contribution in [0, 0.1) is 5.92 Å². The monoisotopic (exact) mass is 330 g/mol. The molecule has 5 nitrogen and oxygen atoms in total. The predicted octanol–water partition coefficient (Wildman–Crippen LogP) is 3.61. The molecule has 0 heterocycles. The fourth-order valence-electron chi connectivity index (χ4n) is 3.08. The Morgan fingerprint density at radius 3 is 2.33 bits per heavy atom. The standard InChI is InChI=1S/C19H22O5/c1-4-16(17(11-18(20)21)19(22)24-3)14-6-5-13-10-15(23-2)8-7-12(13)9-14/h5-10,16-17H,4,11H2,1-3H3,(H,20,21)/t16-,17-/m0/s1. The van der Waals surface area contributed by atoms with Crippen LogP contribution < -0.4 is 4.74 Å². The zero-order chi connectivity index (χ0) is 17.7. The number of benzene rings is 2. The van der Waals surface area contributed by atoms with Crippen LogP contribution in [0.1, 0.15) is 31.2 Å². The minimum absolute atomic E-state index is 0.208. The normalized spacial score (nSPS) is 13.3. The number of fused-ring (bicyclic) bond motifs is 1. The average molecular weight is 330 g/mol. The minimum Gasteiger partial charge on any atom is -0.497 e. The van der Waals surface area contributed by atoms with Crippen LogP contribution in [0.2, 0.25) is 0 Å². The minimum atomic E-state index is -1.01. The Labute approximate surface area is 141 Å². The van der Waals surface area contributed by atoms with E-state index in [0.29, 0.717) is 6.42 Å². The number of esters is 1. The molecule has 0 fully saturated rings. The first-order chi connectivity index (χ1) is 11.5. The van der Waals surface area contributed by atoms with E-state index >= 15 is 0 Å². The molecule has 0 saturated heterocycles. The summed E-state index contributed by atoms with van der Waals surface area (Å²) in [7, 11) is 2.91. The van der Waals surface area contributed by atoms with Crippen molar-refractivity contribution >= 4 is 22.7 Å². The second-order valence-corrected chi connectivity index (χ2v) is 5.71. The number of ether oxygens (including phenoxy) is 2. The molecule has 24 heavy (non-hydrogen) atoms. The van der Waals surface area contributed by atoms with Crippen LogP contribution in [0.15, 0.2) is 36.4 Å². The smallest absolute Gasteiger partial charge is 0.309 e. The van der Waals surface area contributed by atoms with Crippen LogP contribution in [0.25, 0.3) is 10.8 Å². The number of aliphatic carboxylic acids is 1. The van der Waals surface area contributed by atoms with Crippen molar-refractivity contribution in [1.82, 2.24) is 0 Å². The highest BCUT2D eigenvalue weighted by atomic mass is 16.5. The molecule has 1 N–H and O–H groups in total. The van der Waals surface area contributed by atoms with E-state index in [1.54, 1.807) is 7.11 Å². The second kappa shape index (κ2) is 7.81. The molecule has 0 aliphatic carbocycles. The largest absolute Gasteiger partial charge is 0.497 e. The van der Waals surface area contributed by atoms with Crippen molar-refractivity contribution in [3.63, 3.8) is 0 Å². The Bertz CT molecular complexity index is 738. The highest BCUT2D eigenvalue weighted by Crippen LogP contribution is 2.34. The van der Waals surface area contributed by atoms with Gasteiger partial charge < -0.3 is 14.6 Å². The van der Waals surface area contributed by atoms with Gasteiger partial charge in [-0.1, -0.05) is 31.2 Å². The van der Waals surface area contributed by atoms with Gasteiger partial charge in [0.05, 0.1) is 26.6 Å². The number of hydrogen-bond acceptors (Lipinski definition) is 4. The maximum absolute atomic E-state index is 12.1. The first-order valence-electron chi connectivity index (χ1n) is 7.87. The molecule has 5 heteroatoms. The second-order valence-electron chi connectivity index (χ2n) is 5.71. The first kappa shape index (κ1) is 17.8. The lowest BCUT2D eigenvalue weighted by Gasteiger charge is -2.23. The molecule has 0 saturated carbocycles. The Kier molecular flexibility index (Phi) is 5.79. The van der Waals surface area contributed by atoms with Crippen LogP contribution in [-0.4, -0.2) is 31.3 Å². The predicted molar refractivity (Wildman–Crippen MR) is 91.3 cm³/mol. The van der Waals surface area contributed by atoms with Gasteiger partial charge in [0, 0.05) is 0 Å². The zero-order valence-electron chi connectivity index (χ0n) is 14.1. The lowest BCUT2D eigenvalue weighted by molar-refractivity contribution is -0.151. The van der Waals surface area contributed by atoms with Crippen LogP contribution in [-0.2, 0) is 14.3 Å². The van der Waals surface area contributed by atoms with Gasteiger partial charge in [-0.25, -0.2) is 0 Å². The molecule has 0 spiro atoms. The third kappa shape index (κ3) is 3.85. The Balaban J connectivity index is 2.42. The fourth-order valence-corrected chi connectivity index (χ4v) is 3.08. The van der Waals surface area contributed by atoms with Gasteiger partial charge in [-0.15, -0.1) is 0 Å². The third-order valence-electron chi connectivity index (χ3n) is 4.32. The van der Waals surface area contributed by atoms with Crippen molar-refractivity contribution in [2.24, 2.45) is 5.92 Å². The van der Waals surface area contributed by atoms with Gasteiger partial charge in [0.1, 0.15) is 5.75 Å². The number of rotatable bonds is 7. The molecule has 0 unspecified atom stereocenters. The SMILES string of the molecule is CC[C@@H](c1ccc2cc(OC)ccc2c1)[C@H](CC(=O)O)C(=O)OC. The van der Waals surface area contributed by atoms with E-state index in [4.69, 9.17) is 14.6 Å². The molecule has 2 aromatic carbocycles. The van der Waals surface area contributed by atoms with Gasteiger partial charge in [0.25, 0.3) is 0 Å². The number of carbonyl (C=O) groups is 2. The number of carbonyl (C=O) groups excluding carboxylic acids is 1. The summed E-state index contributed by atoms with van der Waals surface area (Å²) in [5, 5.41) is 11.2. The molecule has 0 aromatic heterocycles. The van der Waals surface area contributed by atoms with E-state index in [-0.39, 0.29) is 12.3 Å². The third-order valence-corrected chi connectivity index (χ3v) is 4.32. The maximum Gasteiger partial charge on any atom is 0.309 e. The van der Waals surface area contributed by atoms with Gasteiger partial charge in [-0.3, -0.25) is 9.59 Å². The summed E-state index contributed by atoms with van der Waals surface area (Å²) >= 11 is 0. The number of methoxy groups -OCH3 is 2. The molecule has 0 bridgehead atoms. The molecule has 0 aliphatic rings. The molecule has 2 aromatic rings. The quantitative estimate of drug-likeness (QED) is 0.785. The average Bonchev–Trinajstić information content (AvgIpc) is 2.59. The summed E-state index contributed by atoms with van der Waals surface area (Å²) in [6.45, 7) is 1.95. The van der Waals surface area contributed by atoms with E-state index < -0.39 is 17.9 Å². The van der Waals surface area contributed by atoms with Crippen molar-refractivity contribution in [2.45, 2.75) is 25.7 Å². The summed E-state index contributed by atoms with van der Waals surface area (Å²) in [5.74, 6) is -1.62. The molecule has 0 aliphatic heterocycles. The van der Waals surface area contributed by atoms with E-state index in [0.717, 1.165) is 22.1 Å². The van der Waals surface area contributed by atoms with Gasteiger partial charge in [0.15, 0.2) is 0 Å². The van der Waals surface area contributed by atoms with Crippen molar-refractivity contribution in [1.29, 1.82) is 0 Å². The molecular weight excluding hydrogens is 308 g/mol.